The van der Waals surface area contributed by atoms with E-state index in [0.717, 1.165) is 60.7 Å². The number of benzene rings is 1. The van der Waals surface area contributed by atoms with Crippen molar-refractivity contribution in [2.75, 3.05) is 19.6 Å². The van der Waals surface area contributed by atoms with Gasteiger partial charge in [-0.25, -0.2) is 4.79 Å². The van der Waals surface area contributed by atoms with E-state index < -0.39 is 0 Å². The third kappa shape index (κ3) is 4.73. The molecule has 1 aromatic carbocycles. The van der Waals surface area contributed by atoms with Crippen molar-refractivity contribution in [2.24, 2.45) is 13.0 Å². The number of nitrogens with one attached hydrogen (secondary N) is 2. The molecule has 2 aliphatic rings. The van der Waals surface area contributed by atoms with E-state index in [4.69, 9.17) is 0 Å². The monoisotopic (exact) mass is 497 g/mol. The van der Waals surface area contributed by atoms with Crippen LogP contribution in [0.5, 0.6) is 0 Å². The number of para-hydroxylation sites is 1. The number of rotatable bonds is 4. The van der Waals surface area contributed by atoms with E-state index in [1.54, 1.807) is 0 Å². The first kappa shape index (κ1) is 23.7. The normalized spacial score (nSPS) is 20.2. The number of carbonyl (C=O) groups excluding carboxylic acids is 1. The molecule has 0 saturated carbocycles. The molecule has 37 heavy (non-hydrogen) atoms. The Morgan fingerprint density at radius 1 is 1.19 bits per heavy atom. The average Bonchev–Trinajstić information content (AvgIpc) is 3.44. The minimum absolute atomic E-state index is 0.0207. The van der Waals surface area contributed by atoms with E-state index in [2.05, 4.69) is 74.3 Å². The first-order valence-electron chi connectivity index (χ1n) is 13.2. The van der Waals surface area contributed by atoms with Gasteiger partial charge < -0.3 is 14.8 Å². The van der Waals surface area contributed by atoms with Crippen molar-refractivity contribution in [3.8, 4) is 11.3 Å². The van der Waals surface area contributed by atoms with E-state index in [1.165, 1.54) is 16.6 Å². The number of nitrogens with zero attached hydrogens (tertiary/aromatic N) is 5. The standard InChI is InChI=1S/C29H35N7O/c1-19-12-23(16-35(15-19)17-24-14-21-6-4-5-7-27(21)34(24)3)31-29(37)36-11-9-26-25(18-36)28(33-32-26)22-8-10-30-20(2)13-22/h4-8,10,13-14,19,23H,9,11-12,15-18H2,1-3H3,(H,31,37)(H,32,33). The molecule has 2 unspecified atom stereocenters. The van der Waals surface area contributed by atoms with Crippen LogP contribution in [0, 0.1) is 12.8 Å². The van der Waals surface area contributed by atoms with Gasteiger partial charge in [0, 0.05) is 85.6 Å². The summed E-state index contributed by atoms with van der Waals surface area (Å²) in [5.74, 6) is 0.525. The van der Waals surface area contributed by atoms with Gasteiger partial charge in [-0.05, 0) is 48.9 Å². The molecule has 1 fully saturated rings. The molecule has 0 bridgehead atoms. The van der Waals surface area contributed by atoms with Gasteiger partial charge in [-0.2, -0.15) is 5.10 Å². The zero-order valence-corrected chi connectivity index (χ0v) is 21.9. The van der Waals surface area contributed by atoms with Gasteiger partial charge in [-0.1, -0.05) is 25.1 Å². The maximum atomic E-state index is 13.4. The summed E-state index contributed by atoms with van der Waals surface area (Å²) in [7, 11) is 2.15. The fourth-order valence-electron chi connectivity index (χ4n) is 6.09. The SMILES string of the molecule is Cc1cc(-c2n[nH]c3c2CN(C(=O)NC2CC(C)CN(Cc4cc5ccccc5n4C)C2)CC3)ccn1. The van der Waals surface area contributed by atoms with Crippen molar-refractivity contribution in [2.45, 2.75) is 45.8 Å². The number of likely N-dealkylation sites (tertiary alicyclic amines) is 1. The Morgan fingerprint density at radius 3 is 2.89 bits per heavy atom. The summed E-state index contributed by atoms with van der Waals surface area (Å²) in [6.45, 7) is 8.33. The molecule has 3 aromatic heterocycles. The maximum absolute atomic E-state index is 13.4. The third-order valence-electron chi connectivity index (χ3n) is 7.89. The number of aromatic nitrogens is 4. The van der Waals surface area contributed by atoms with Crippen LogP contribution in [0.4, 0.5) is 4.79 Å². The van der Waals surface area contributed by atoms with Gasteiger partial charge in [-0.3, -0.25) is 15.0 Å². The van der Waals surface area contributed by atoms with Gasteiger partial charge >= 0.3 is 6.03 Å². The van der Waals surface area contributed by atoms with Crippen LogP contribution in [0.25, 0.3) is 22.2 Å². The number of urea groups is 1. The van der Waals surface area contributed by atoms with Crippen LogP contribution in [0.1, 0.15) is 36.0 Å². The summed E-state index contributed by atoms with van der Waals surface area (Å²) >= 11 is 0. The number of pyridine rings is 1. The lowest BCUT2D eigenvalue weighted by Crippen LogP contribution is -2.53. The lowest BCUT2D eigenvalue weighted by molar-refractivity contribution is 0.132. The van der Waals surface area contributed by atoms with Gasteiger partial charge in [0.05, 0.1) is 12.2 Å². The molecule has 2 atom stereocenters. The molecule has 8 nitrogen and oxygen atoms in total. The number of hydrogen-bond donors (Lipinski definition) is 2. The Hall–Kier alpha value is -3.65. The largest absolute Gasteiger partial charge is 0.346 e. The van der Waals surface area contributed by atoms with Crippen molar-refractivity contribution in [1.29, 1.82) is 0 Å². The quantitative estimate of drug-likeness (QED) is 0.442. The lowest BCUT2D eigenvalue weighted by Gasteiger charge is -2.38. The average molecular weight is 498 g/mol. The Balaban J connectivity index is 1.12. The summed E-state index contributed by atoms with van der Waals surface area (Å²) in [6, 6.07) is 15.0. The fraction of sp³-hybridized carbons (Fsp3) is 0.414. The molecule has 0 radical (unpaired) electrons. The number of fused-ring (bicyclic) bond motifs is 2. The maximum Gasteiger partial charge on any atom is 0.317 e. The van der Waals surface area contributed by atoms with Gasteiger partial charge in [0.25, 0.3) is 0 Å². The number of amides is 2. The molecular weight excluding hydrogens is 462 g/mol. The van der Waals surface area contributed by atoms with Crippen LogP contribution >= 0.6 is 0 Å². The van der Waals surface area contributed by atoms with Crippen LogP contribution in [0.2, 0.25) is 0 Å². The van der Waals surface area contributed by atoms with E-state index >= 15 is 0 Å². The molecule has 6 rings (SSSR count). The molecular formula is C29H35N7O. The molecule has 0 aliphatic carbocycles. The molecule has 1 saturated heterocycles. The molecule has 192 valence electrons. The highest BCUT2D eigenvalue weighted by Crippen LogP contribution is 2.29. The predicted octanol–water partition coefficient (Wildman–Crippen LogP) is 4.25. The van der Waals surface area contributed by atoms with Crippen LogP contribution < -0.4 is 5.32 Å². The van der Waals surface area contributed by atoms with Crippen LogP contribution in [0.15, 0.2) is 48.7 Å². The smallest absolute Gasteiger partial charge is 0.317 e. The van der Waals surface area contributed by atoms with Crippen molar-refractivity contribution in [3.63, 3.8) is 0 Å². The summed E-state index contributed by atoms with van der Waals surface area (Å²) in [5.41, 5.74) is 7.73. The highest BCUT2D eigenvalue weighted by Gasteiger charge is 2.30. The van der Waals surface area contributed by atoms with E-state index in [9.17, 15) is 4.79 Å². The zero-order valence-electron chi connectivity index (χ0n) is 21.9. The Morgan fingerprint density at radius 2 is 2.05 bits per heavy atom. The molecule has 8 heteroatoms. The number of hydrogen-bond acceptors (Lipinski definition) is 4. The predicted molar refractivity (Wildman–Crippen MR) is 145 cm³/mol. The van der Waals surface area contributed by atoms with Gasteiger partial charge in [-0.15, -0.1) is 0 Å². The molecule has 5 heterocycles. The second kappa shape index (κ2) is 9.67. The third-order valence-corrected chi connectivity index (χ3v) is 7.89. The molecule has 0 spiro atoms. The Labute approximate surface area is 217 Å². The second-order valence-electron chi connectivity index (χ2n) is 10.8. The zero-order chi connectivity index (χ0) is 25.5. The topological polar surface area (TPSA) is 82.1 Å². The van der Waals surface area contributed by atoms with Crippen LogP contribution in [0.3, 0.4) is 0 Å². The highest BCUT2D eigenvalue weighted by molar-refractivity contribution is 5.81. The minimum atomic E-state index is 0.0207. The molecule has 2 N–H and O–H groups in total. The second-order valence-corrected chi connectivity index (χ2v) is 10.8. The summed E-state index contributed by atoms with van der Waals surface area (Å²) < 4.78 is 2.29. The van der Waals surface area contributed by atoms with E-state index in [0.29, 0.717) is 19.0 Å². The van der Waals surface area contributed by atoms with Crippen molar-refractivity contribution in [3.05, 3.63) is 71.3 Å². The van der Waals surface area contributed by atoms with Crippen molar-refractivity contribution < 1.29 is 4.79 Å². The first-order valence-corrected chi connectivity index (χ1v) is 13.2. The Bertz CT molecular complexity index is 1440. The summed E-state index contributed by atoms with van der Waals surface area (Å²) in [4.78, 5) is 22.1. The number of carbonyl (C=O) groups is 1. The molecule has 2 amide bonds. The minimum Gasteiger partial charge on any atom is -0.346 e. The molecule has 2 aliphatic heterocycles. The Kier molecular flexibility index (Phi) is 6.20. The highest BCUT2D eigenvalue weighted by atomic mass is 16.2. The number of H-pyrrole nitrogens is 1. The number of aryl methyl sites for hydroxylation is 2. The van der Waals surface area contributed by atoms with Gasteiger partial charge in [0.15, 0.2) is 0 Å². The van der Waals surface area contributed by atoms with E-state index in [-0.39, 0.29) is 12.1 Å². The van der Waals surface area contributed by atoms with Crippen LogP contribution in [-0.4, -0.2) is 61.3 Å². The lowest BCUT2D eigenvalue weighted by atomic mass is 9.95. The molecule has 4 aromatic rings. The van der Waals surface area contributed by atoms with E-state index in [1.807, 2.05) is 30.2 Å². The van der Waals surface area contributed by atoms with Gasteiger partial charge in [0.1, 0.15) is 0 Å². The summed E-state index contributed by atoms with van der Waals surface area (Å²) in [5, 5.41) is 12.4. The fourth-order valence-corrected chi connectivity index (χ4v) is 6.09. The summed E-state index contributed by atoms with van der Waals surface area (Å²) in [6.07, 6.45) is 3.60. The first-order chi connectivity index (χ1) is 17.9. The van der Waals surface area contributed by atoms with Crippen LogP contribution in [-0.2, 0) is 26.6 Å². The number of piperidine rings is 1. The van der Waals surface area contributed by atoms with Crippen molar-refractivity contribution >= 4 is 16.9 Å². The van der Waals surface area contributed by atoms with Crippen molar-refractivity contribution in [1.82, 2.24) is 34.9 Å². The number of aromatic amines is 1. The van der Waals surface area contributed by atoms with Gasteiger partial charge in [0.2, 0.25) is 0 Å².